The summed E-state index contributed by atoms with van der Waals surface area (Å²) in [7, 11) is -3.93. The summed E-state index contributed by atoms with van der Waals surface area (Å²) in [5.74, 6) is -1.68. The molecular formula is C16H17ClN4O5S. The summed E-state index contributed by atoms with van der Waals surface area (Å²) in [6.07, 6.45) is 3.06. The van der Waals surface area contributed by atoms with E-state index >= 15 is 0 Å². The first-order chi connectivity index (χ1) is 12.2. The van der Waals surface area contributed by atoms with Gasteiger partial charge in [0.2, 0.25) is 12.5 Å². The zero-order valence-corrected chi connectivity index (χ0v) is 15.8. The molecular weight excluding hydrogens is 396 g/mol. The van der Waals surface area contributed by atoms with Gasteiger partial charge in [-0.3, -0.25) is 14.4 Å². The van der Waals surface area contributed by atoms with Crippen molar-refractivity contribution in [1.29, 1.82) is 0 Å². The van der Waals surface area contributed by atoms with E-state index in [0.29, 0.717) is 5.69 Å². The third-order valence-corrected chi connectivity index (χ3v) is 4.64. The molecule has 0 saturated heterocycles. The third kappa shape index (κ3) is 6.35. The van der Waals surface area contributed by atoms with Crippen molar-refractivity contribution in [3.05, 3.63) is 54.4 Å². The number of hydrogen-bond donors (Lipinski definition) is 3. The van der Waals surface area contributed by atoms with Crippen molar-refractivity contribution in [3.63, 3.8) is 0 Å². The van der Waals surface area contributed by atoms with Gasteiger partial charge < -0.3 is 23.5 Å². The molecule has 0 bridgehead atoms. The van der Waals surface area contributed by atoms with Gasteiger partial charge in [-0.25, -0.2) is 13.1 Å². The SMILES string of the molecule is CC(=O)NS(=O)(=O)c1ccc(NC(=O)C[n+]2cccc(C(N)=O)c2)cc1.[Cl-]. The van der Waals surface area contributed by atoms with Gasteiger partial charge in [-0.1, -0.05) is 0 Å². The zero-order valence-electron chi connectivity index (χ0n) is 14.2. The lowest BCUT2D eigenvalue weighted by Gasteiger charge is -2.07. The Balaban J connectivity index is 0.00000364. The molecule has 0 unspecified atom stereocenters. The predicted octanol–water partition coefficient (Wildman–Crippen LogP) is -3.46. The van der Waals surface area contributed by atoms with Gasteiger partial charge in [0.1, 0.15) is 5.56 Å². The van der Waals surface area contributed by atoms with Crippen molar-refractivity contribution in [2.45, 2.75) is 18.4 Å². The van der Waals surface area contributed by atoms with Crippen LogP contribution in [0.1, 0.15) is 17.3 Å². The Kier molecular flexibility index (Phi) is 7.44. The molecule has 0 aliphatic carbocycles. The molecule has 11 heteroatoms. The molecule has 0 radical (unpaired) electrons. The summed E-state index contributed by atoms with van der Waals surface area (Å²) >= 11 is 0. The number of nitrogens with zero attached hydrogens (tertiary/aromatic N) is 1. The van der Waals surface area contributed by atoms with Crippen molar-refractivity contribution < 1.29 is 39.8 Å². The smallest absolute Gasteiger partial charge is 0.290 e. The fourth-order valence-corrected chi connectivity index (χ4v) is 3.09. The molecule has 3 amide bonds. The van der Waals surface area contributed by atoms with E-state index < -0.39 is 21.8 Å². The summed E-state index contributed by atoms with van der Waals surface area (Å²) in [4.78, 5) is 34.0. The lowest BCUT2D eigenvalue weighted by atomic mass is 10.2. The highest BCUT2D eigenvalue weighted by atomic mass is 35.5. The number of nitrogens with one attached hydrogen (secondary N) is 2. The largest absolute Gasteiger partial charge is 1.00 e. The van der Waals surface area contributed by atoms with E-state index in [2.05, 4.69) is 5.32 Å². The van der Waals surface area contributed by atoms with Crippen LogP contribution in [0.5, 0.6) is 0 Å². The summed E-state index contributed by atoms with van der Waals surface area (Å²) in [6.45, 7) is 1.03. The van der Waals surface area contributed by atoms with E-state index in [9.17, 15) is 22.8 Å². The maximum atomic E-state index is 12.1. The second-order valence-electron chi connectivity index (χ2n) is 5.36. The van der Waals surface area contributed by atoms with Crippen molar-refractivity contribution in [3.8, 4) is 0 Å². The minimum atomic E-state index is -3.93. The number of primary amides is 1. The van der Waals surface area contributed by atoms with E-state index in [1.807, 2.05) is 4.72 Å². The highest BCUT2D eigenvalue weighted by Gasteiger charge is 2.16. The average Bonchev–Trinajstić information content (AvgIpc) is 2.54. The molecule has 144 valence electrons. The zero-order chi connectivity index (χ0) is 19.3. The lowest BCUT2D eigenvalue weighted by Crippen LogP contribution is -3.00. The molecule has 27 heavy (non-hydrogen) atoms. The molecule has 0 fully saturated rings. The standard InChI is InChI=1S/C16H16N4O5S.ClH/c1-11(21)19-26(24,25)14-6-4-13(5-7-14)18-15(22)10-20-8-2-3-12(9-20)16(17)23;/h2-9H,10H2,1H3,(H3-,17,18,19,21,22,23);1H. The van der Waals surface area contributed by atoms with E-state index in [-0.39, 0.29) is 35.3 Å². The first kappa shape index (κ1) is 22.1. The van der Waals surface area contributed by atoms with Crippen LogP contribution in [0.2, 0.25) is 0 Å². The number of nitrogens with two attached hydrogens (primary N) is 1. The van der Waals surface area contributed by atoms with Crippen LogP contribution in [0.4, 0.5) is 5.69 Å². The number of sulfonamides is 1. The van der Waals surface area contributed by atoms with Crippen LogP contribution in [0.25, 0.3) is 0 Å². The molecule has 2 aromatic rings. The van der Waals surface area contributed by atoms with Crippen LogP contribution in [-0.4, -0.2) is 26.1 Å². The topological polar surface area (TPSA) is 139 Å². The van der Waals surface area contributed by atoms with E-state index in [1.165, 1.54) is 41.1 Å². The fraction of sp³-hybridized carbons (Fsp3) is 0.125. The quantitative estimate of drug-likeness (QED) is 0.423. The van der Waals surface area contributed by atoms with Crippen molar-refractivity contribution in [2.75, 3.05) is 5.32 Å². The molecule has 1 aromatic carbocycles. The fourth-order valence-electron chi connectivity index (χ4n) is 2.10. The Morgan fingerprint density at radius 1 is 1.11 bits per heavy atom. The van der Waals surface area contributed by atoms with Gasteiger partial charge in [0.15, 0.2) is 12.4 Å². The minimum Gasteiger partial charge on any atom is -1.00 e. The average molecular weight is 413 g/mol. The molecule has 4 N–H and O–H groups in total. The Hall–Kier alpha value is -2.98. The van der Waals surface area contributed by atoms with E-state index in [0.717, 1.165) is 6.92 Å². The minimum absolute atomic E-state index is 0. The van der Waals surface area contributed by atoms with Gasteiger partial charge >= 0.3 is 0 Å². The molecule has 0 saturated carbocycles. The molecule has 0 atom stereocenters. The molecule has 1 aromatic heterocycles. The van der Waals surface area contributed by atoms with E-state index in [4.69, 9.17) is 5.73 Å². The first-order valence-corrected chi connectivity index (χ1v) is 8.88. The van der Waals surface area contributed by atoms with Crippen molar-refractivity contribution in [1.82, 2.24) is 4.72 Å². The molecule has 9 nitrogen and oxygen atoms in total. The maximum absolute atomic E-state index is 12.1. The highest BCUT2D eigenvalue weighted by molar-refractivity contribution is 7.90. The number of amides is 3. The number of anilines is 1. The van der Waals surface area contributed by atoms with E-state index in [1.54, 1.807) is 12.3 Å². The monoisotopic (exact) mass is 412 g/mol. The van der Waals surface area contributed by atoms with Gasteiger partial charge in [0.05, 0.1) is 4.90 Å². The molecule has 0 spiro atoms. The molecule has 0 aliphatic rings. The summed E-state index contributed by atoms with van der Waals surface area (Å²) in [5, 5.41) is 2.60. The Bertz CT molecular complexity index is 961. The van der Waals surface area contributed by atoms with Crippen LogP contribution >= 0.6 is 0 Å². The second kappa shape index (κ2) is 9.10. The number of aromatic nitrogens is 1. The number of hydrogen-bond acceptors (Lipinski definition) is 5. The van der Waals surface area contributed by atoms with Crippen LogP contribution in [0.3, 0.4) is 0 Å². The maximum Gasteiger partial charge on any atom is 0.290 e. The molecule has 0 aliphatic heterocycles. The highest BCUT2D eigenvalue weighted by Crippen LogP contribution is 2.13. The second-order valence-corrected chi connectivity index (χ2v) is 7.05. The third-order valence-electron chi connectivity index (χ3n) is 3.20. The molecule has 1 heterocycles. The summed E-state index contributed by atoms with van der Waals surface area (Å²) < 4.78 is 27.0. The summed E-state index contributed by atoms with van der Waals surface area (Å²) in [6, 6.07) is 8.46. The number of pyridine rings is 1. The number of rotatable bonds is 6. The number of benzene rings is 1. The predicted molar refractivity (Wildman–Crippen MR) is 91.2 cm³/mol. The molecule has 2 rings (SSSR count). The van der Waals surface area contributed by atoms with Crippen molar-refractivity contribution in [2.24, 2.45) is 5.73 Å². The van der Waals surface area contributed by atoms with Gasteiger partial charge in [0, 0.05) is 18.7 Å². The van der Waals surface area contributed by atoms with Gasteiger partial charge in [-0.05, 0) is 30.3 Å². The van der Waals surface area contributed by atoms with Crippen LogP contribution in [0, 0.1) is 0 Å². The lowest BCUT2D eigenvalue weighted by molar-refractivity contribution is -0.684. The Labute approximate surface area is 162 Å². The Morgan fingerprint density at radius 2 is 1.74 bits per heavy atom. The Morgan fingerprint density at radius 3 is 2.30 bits per heavy atom. The number of halogens is 1. The first-order valence-electron chi connectivity index (χ1n) is 7.39. The normalized spacial score (nSPS) is 10.4. The van der Waals surface area contributed by atoms with Gasteiger partial charge in [0.25, 0.3) is 21.8 Å². The van der Waals surface area contributed by atoms with Crippen molar-refractivity contribution >= 4 is 33.4 Å². The van der Waals surface area contributed by atoms with Crippen LogP contribution in [-0.2, 0) is 26.2 Å². The van der Waals surface area contributed by atoms with Crippen LogP contribution < -0.4 is 32.7 Å². The van der Waals surface area contributed by atoms with Gasteiger partial charge in [-0.2, -0.15) is 4.57 Å². The number of carbonyl (C=O) groups is 3. The summed E-state index contributed by atoms with van der Waals surface area (Å²) in [5.41, 5.74) is 5.84. The van der Waals surface area contributed by atoms with Crippen LogP contribution in [0.15, 0.2) is 53.7 Å². The number of carbonyl (C=O) groups excluding carboxylic acids is 3. The van der Waals surface area contributed by atoms with Gasteiger partial charge in [-0.15, -0.1) is 0 Å².